The second kappa shape index (κ2) is 5.51. The first-order valence-corrected chi connectivity index (χ1v) is 7.94. The smallest absolute Gasteiger partial charge is 0.354 e. The summed E-state index contributed by atoms with van der Waals surface area (Å²) in [5.74, 6) is -0.537. The van der Waals surface area contributed by atoms with E-state index in [1.807, 2.05) is 37.3 Å². The SMILES string of the molecule is C[C@]1(c2ccccc2)C[C@H]1C(=O)NCC1(C(F)(F)F)CCCN1. The molecule has 1 saturated carbocycles. The Kier molecular flexibility index (Phi) is 3.91. The van der Waals surface area contributed by atoms with Gasteiger partial charge < -0.3 is 10.6 Å². The quantitative estimate of drug-likeness (QED) is 0.893. The van der Waals surface area contributed by atoms with Gasteiger partial charge >= 0.3 is 6.18 Å². The Bertz CT molecular complexity index is 581. The highest BCUT2D eigenvalue weighted by molar-refractivity contribution is 5.84. The average molecular weight is 326 g/mol. The summed E-state index contributed by atoms with van der Waals surface area (Å²) in [5.41, 5.74) is -1.18. The van der Waals surface area contributed by atoms with Crippen LogP contribution in [0.25, 0.3) is 0 Å². The number of hydrogen-bond acceptors (Lipinski definition) is 2. The van der Waals surface area contributed by atoms with E-state index in [1.54, 1.807) is 0 Å². The van der Waals surface area contributed by atoms with Crippen LogP contribution in [0.5, 0.6) is 0 Å². The maximum Gasteiger partial charge on any atom is 0.408 e. The van der Waals surface area contributed by atoms with Crippen molar-refractivity contribution in [2.45, 2.75) is 43.3 Å². The molecule has 0 radical (unpaired) electrons. The number of rotatable bonds is 4. The summed E-state index contributed by atoms with van der Waals surface area (Å²) in [4.78, 5) is 12.3. The Morgan fingerprint density at radius 2 is 2.04 bits per heavy atom. The van der Waals surface area contributed by atoms with Crippen LogP contribution in [0.1, 0.15) is 31.7 Å². The lowest BCUT2D eigenvalue weighted by molar-refractivity contribution is -0.191. The van der Waals surface area contributed by atoms with E-state index in [4.69, 9.17) is 0 Å². The number of benzene rings is 1. The van der Waals surface area contributed by atoms with Gasteiger partial charge in [0.15, 0.2) is 0 Å². The topological polar surface area (TPSA) is 41.1 Å². The fourth-order valence-electron chi connectivity index (χ4n) is 3.55. The monoisotopic (exact) mass is 326 g/mol. The molecule has 3 atom stereocenters. The molecule has 1 aromatic carbocycles. The van der Waals surface area contributed by atoms with E-state index < -0.39 is 18.3 Å². The normalized spacial score (nSPS) is 33.5. The van der Waals surface area contributed by atoms with Crippen LogP contribution in [-0.4, -0.2) is 30.7 Å². The Labute approximate surface area is 133 Å². The van der Waals surface area contributed by atoms with Crippen LogP contribution in [0, 0.1) is 5.92 Å². The summed E-state index contributed by atoms with van der Waals surface area (Å²) in [7, 11) is 0. The molecule has 1 aromatic rings. The van der Waals surface area contributed by atoms with Crippen molar-refractivity contribution in [3.63, 3.8) is 0 Å². The van der Waals surface area contributed by atoms with Crippen molar-refractivity contribution in [1.82, 2.24) is 10.6 Å². The van der Waals surface area contributed by atoms with Gasteiger partial charge in [-0.2, -0.15) is 13.2 Å². The molecule has 23 heavy (non-hydrogen) atoms. The van der Waals surface area contributed by atoms with Crippen molar-refractivity contribution in [1.29, 1.82) is 0 Å². The molecule has 2 N–H and O–H groups in total. The van der Waals surface area contributed by atoms with E-state index in [0.29, 0.717) is 19.4 Å². The van der Waals surface area contributed by atoms with Crippen LogP contribution in [0.15, 0.2) is 30.3 Å². The Balaban J connectivity index is 1.63. The second-order valence-electron chi connectivity index (χ2n) is 6.87. The number of amides is 1. The van der Waals surface area contributed by atoms with Crippen molar-refractivity contribution >= 4 is 5.91 Å². The van der Waals surface area contributed by atoms with Gasteiger partial charge in [0.1, 0.15) is 5.54 Å². The van der Waals surface area contributed by atoms with Crippen LogP contribution in [0.2, 0.25) is 0 Å². The number of carbonyl (C=O) groups is 1. The third-order valence-corrected chi connectivity index (χ3v) is 5.34. The van der Waals surface area contributed by atoms with E-state index in [9.17, 15) is 18.0 Å². The number of carbonyl (C=O) groups excluding carboxylic acids is 1. The summed E-state index contributed by atoms with van der Waals surface area (Å²) in [5, 5.41) is 5.07. The molecule has 0 bridgehead atoms. The molecule has 1 amide bonds. The van der Waals surface area contributed by atoms with Gasteiger partial charge in [-0.25, -0.2) is 0 Å². The molecule has 1 heterocycles. The molecule has 1 saturated heterocycles. The van der Waals surface area contributed by atoms with Gasteiger partial charge in [-0.15, -0.1) is 0 Å². The molecule has 126 valence electrons. The zero-order chi connectivity index (χ0) is 16.7. The minimum absolute atomic E-state index is 0.0113. The predicted octanol–water partition coefficient (Wildman–Crippen LogP) is 2.76. The van der Waals surface area contributed by atoms with Crippen molar-refractivity contribution in [2.75, 3.05) is 13.1 Å². The molecule has 1 aliphatic carbocycles. The maximum absolute atomic E-state index is 13.3. The Morgan fingerprint density at radius 3 is 2.61 bits per heavy atom. The average Bonchev–Trinajstić information content (AvgIpc) is 2.98. The molecule has 6 heteroatoms. The largest absolute Gasteiger partial charge is 0.408 e. The van der Waals surface area contributed by atoms with Gasteiger partial charge in [-0.1, -0.05) is 37.3 Å². The lowest BCUT2D eigenvalue weighted by atomic mass is 9.94. The van der Waals surface area contributed by atoms with Crippen LogP contribution in [-0.2, 0) is 10.2 Å². The highest BCUT2D eigenvalue weighted by atomic mass is 19.4. The fraction of sp³-hybridized carbons (Fsp3) is 0.588. The summed E-state index contributed by atoms with van der Waals surface area (Å²) in [6.07, 6.45) is -3.20. The van der Waals surface area contributed by atoms with Crippen LogP contribution < -0.4 is 10.6 Å². The maximum atomic E-state index is 13.3. The third-order valence-electron chi connectivity index (χ3n) is 5.34. The third kappa shape index (κ3) is 2.84. The Hall–Kier alpha value is -1.56. The summed E-state index contributed by atoms with van der Waals surface area (Å²) in [6, 6.07) is 9.65. The van der Waals surface area contributed by atoms with Gasteiger partial charge in [-0.3, -0.25) is 4.79 Å². The molecule has 0 aromatic heterocycles. The van der Waals surface area contributed by atoms with Crippen molar-refractivity contribution in [2.24, 2.45) is 5.92 Å². The molecule has 3 nitrogen and oxygen atoms in total. The molecule has 2 aliphatic rings. The molecule has 3 rings (SSSR count). The zero-order valence-electron chi connectivity index (χ0n) is 13.0. The van der Waals surface area contributed by atoms with E-state index in [0.717, 1.165) is 5.56 Å². The van der Waals surface area contributed by atoms with Gasteiger partial charge in [0.25, 0.3) is 0 Å². The second-order valence-corrected chi connectivity index (χ2v) is 6.87. The first-order chi connectivity index (χ1) is 10.8. The molecular formula is C17H21F3N2O. The number of hydrogen-bond donors (Lipinski definition) is 2. The van der Waals surface area contributed by atoms with Crippen molar-refractivity contribution in [3.05, 3.63) is 35.9 Å². The molecule has 1 unspecified atom stereocenters. The lowest BCUT2D eigenvalue weighted by Gasteiger charge is -2.32. The van der Waals surface area contributed by atoms with Crippen LogP contribution in [0.3, 0.4) is 0 Å². The minimum atomic E-state index is -4.36. The molecule has 0 spiro atoms. The van der Waals surface area contributed by atoms with Gasteiger partial charge in [0, 0.05) is 17.9 Å². The van der Waals surface area contributed by atoms with E-state index >= 15 is 0 Å². The van der Waals surface area contributed by atoms with Crippen LogP contribution >= 0.6 is 0 Å². The molecule has 1 aliphatic heterocycles. The van der Waals surface area contributed by atoms with Crippen molar-refractivity contribution in [3.8, 4) is 0 Å². The number of alkyl halides is 3. The minimum Gasteiger partial charge on any atom is -0.354 e. The molecule has 2 fully saturated rings. The van der Waals surface area contributed by atoms with E-state index in [-0.39, 0.29) is 23.7 Å². The predicted molar refractivity (Wildman–Crippen MR) is 80.9 cm³/mol. The van der Waals surface area contributed by atoms with Crippen LogP contribution in [0.4, 0.5) is 13.2 Å². The van der Waals surface area contributed by atoms with Gasteiger partial charge in [0.2, 0.25) is 5.91 Å². The summed E-state index contributed by atoms with van der Waals surface area (Å²) < 4.78 is 39.9. The summed E-state index contributed by atoms with van der Waals surface area (Å²) in [6.45, 7) is 1.93. The lowest BCUT2D eigenvalue weighted by Crippen LogP contribution is -2.59. The van der Waals surface area contributed by atoms with E-state index in [1.165, 1.54) is 0 Å². The highest BCUT2D eigenvalue weighted by Crippen LogP contribution is 2.54. The Morgan fingerprint density at radius 1 is 1.35 bits per heavy atom. The van der Waals surface area contributed by atoms with Gasteiger partial charge in [0.05, 0.1) is 0 Å². The zero-order valence-corrected chi connectivity index (χ0v) is 13.0. The standard InChI is InChI=1S/C17H21F3N2O/c1-15(12-6-3-2-4-7-12)10-13(15)14(23)21-11-16(17(18,19)20)8-5-9-22-16/h2-4,6-7,13,22H,5,8-11H2,1H3,(H,21,23)/t13-,15+,16?/m0/s1. The first kappa shape index (κ1) is 16.3. The summed E-state index contributed by atoms with van der Waals surface area (Å²) >= 11 is 0. The fourth-order valence-corrected chi connectivity index (χ4v) is 3.55. The van der Waals surface area contributed by atoms with Gasteiger partial charge in [-0.05, 0) is 31.4 Å². The first-order valence-electron chi connectivity index (χ1n) is 7.94. The number of nitrogens with one attached hydrogen (secondary N) is 2. The van der Waals surface area contributed by atoms with E-state index in [2.05, 4.69) is 10.6 Å². The highest BCUT2D eigenvalue weighted by Gasteiger charge is 2.58. The van der Waals surface area contributed by atoms with Crippen molar-refractivity contribution < 1.29 is 18.0 Å². The number of halogens is 3. The molecular weight excluding hydrogens is 305 g/mol.